The second-order valence-corrected chi connectivity index (χ2v) is 3.68. The summed E-state index contributed by atoms with van der Waals surface area (Å²) in [4.78, 5) is 21.2. The molecule has 0 heterocycles. The fourth-order valence-electron chi connectivity index (χ4n) is 1.96. The zero-order valence-corrected chi connectivity index (χ0v) is 7.38. The molecule has 4 heteroatoms. The quantitative estimate of drug-likeness (QED) is 0.553. The summed E-state index contributed by atoms with van der Waals surface area (Å²) in [5.74, 6) is -2.54. The second kappa shape index (κ2) is 3.77. The predicted molar refractivity (Wildman–Crippen MR) is 40.1 cm³/mol. The molecule has 0 bridgehead atoms. The number of hydrogen-bond acceptors (Lipinski definition) is 4. The Morgan fingerprint density at radius 2 is 1.62 bits per heavy atom. The molecule has 0 atom stereocenters. The van der Waals surface area contributed by atoms with Crippen LogP contribution in [0.1, 0.15) is 38.5 Å². The van der Waals surface area contributed by atoms with Gasteiger partial charge in [0.2, 0.25) is 0 Å². The van der Waals surface area contributed by atoms with Crippen LogP contribution in [0.15, 0.2) is 0 Å². The van der Waals surface area contributed by atoms with E-state index in [4.69, 9.17) is 0 Å². The van der Waals surface area contributed by atoms with Gasteiger partial charge in [-0.15, -0.1) is 0 Å². The Bertz CT molecular complexity index is 216. The standard InChI is InChI=1S/C9H14O4/c10-7(11)6-9(8(12)13)4-2-1-3-5-9/h1-6H2,(H,10,11)(H,12,13)/p-2. The van der Waals surface area contributed by atoms with Gasteiger partial charge < -0.3 is 19.8 Å². The Balaban J connectivity index is 2.73. The fraction of sp³-hybridized carbons (Fsp3) is 0.778. The van der Waals surface area contributed by atoms with Crippen molar-refractivity contribution in [1.29, 1.82) is 0 Å². The van der Waals surface area contributed by atoms with Crippen molar-refractivity contribution in [2.75, 3.05) is 0 Å². The first-order chi connectivity index (χ1) is 6.07. The zero-order valence-electron chi connectivity index (χ0n) is 7.38. The van der Waals surface area contributed by atoms with E-state index in [1.54, 1.807) is 0 Å². The predicted octanol–water partition coefficient (Wildman–Crippen LogP) is -1.17. The number of carboxylic acids is 2. The molecule has 1 aliphatic rings. The summed E-state index contributed by atoms with van der Waals surface area (Å²) >= 11 is 0. The largest absolute Gasteiger partial charge is 0.550 e. The number of carbonyl (C=O) groups is 2. The third kappa shape index (κ3) is 2.20. The van der Waals surface area contributed by atoms with Crippen LogP contribution in [-0.2, 0) is 9.59 Å². The molecule has 0 aromatic heterocycles. The highest BCUT2D eigenvalue weighted by Gasteiger charge is 2.33. The van der Waals surface area contributed by atoms with Crippen LogP contribution >= 0.6 is 0 Å². The topological polar surface area (TPSA) is 80.3 Å². The highest BCUT2D eigenvalue weighted by atomic mass is 16.4. The SMILES string of the molecule is O=C([O-])CC1(C(=O)[O-])CCCCC1. The first kappa shape index (κ1) is 10.0. The average molecular weight is 184 g/mol. The summed E-state index contributed by atoms with van der Waals surface area (Å²) in [6.45, 7) is 0. The Hall–Kier alpha value is -1.06. The third-order valence-electron chi connectivity index (χ3n) is 2.73. The molecule has 1 fully saturated rings. The number of aliphatic carboxylic acids is 2. The van der Waals surface area contributed by atoms with Crippen molar-refractivity contribution in [3.63, 3.8) is 0 Å². The summed E-state index contributed by atoms with van der Waals surface area (Å²) in [7, 11) is 0. The highest BCUT2D eigenvalue weighted by Crippen LogP contribution is 2.38. The van der Waals surface area contributed by atoms with Crippen LogP contribution in [0.5, 0.6) is 0 Å². The molecule has 1 rings (SSSR count). The van der Waals surface area contributed by atoms with Gasteiger partial charge in [-0.05, 0) is 19.3 Å². The van der Waals surface area contributed by atoms with Crippen LogP contribution in [0.4, 0.5) is 0 Å². The number of rotatable bonds is 3. The molecule has 0 saturated heterocycles. The summed E-state index contributed by atoms with van der Waals surface area (Å²) in [5, 5.41) is 21.2. The van der Waals surface area contributed by atoms with Crippen molar-refractivity contribution in [2.24, 2.45) is 5.41 Å². The lowest BCUT2D eigenvalue weighted by atomic mass is 9.72. The average Bonchev–Trinajstić information content (AvgIpc) is 2.04. The molecule has 0 spiro atoms. The molecule has 0 N–H and O–H groups in total. The molecule has 4 nitrogen and oxygen atoms in total. The lowest BCUT2D eigenvalue weighted by Crippen LogP contribution is -2.47. The first-order valence-electron chi connectivity index (χ1n) is 4.48. The van der Waals surface area contributed by atoms with Gasteiger partial charge in [0.05, 0.1) is 0 Å². The Kier molecular flexibility index (Phi) is 2.90. The molecule has 0 aromatic rings. The van der Waals surface area contributed by atoms with Gasteiger partial charge >= 0.3 is 0 Å². The van der Waals surface area contributed by atoms with Crippen molar-refractivity contribution in [1.82, 2.24) is 0 Å². The van der Waals surface area contributed by atoms with Gasteiger partial charge in [0.25, 0.3) is 0 Å². The van der Waals surface area contributed by atoms with Crippen molar-refractivity contribution < 1.29 is 19.8 Å². The summed E-state index contributed by atoms with van der Waals surface area (Å²) in [5.41, 5.74) is -1.16. The minimum absolute atomic E-state index is 0.406. The van der Waals surface area contributed by atoms with Gasteiger partial charge in [-0.3, -0.25) is 0 Å². The summed E-state index contributed by atoms with van der Waals surface area (Å²) in [6.07, 6.45) is 2.91. The van der Waals surface area contributed by atoms with E-state index < -0.39 is 23.8 Å². The number of carboxylic acid groups (broad SMARTS) is 2. The molecular weight excluding hydrogens is 172 g/mol. The van der Waals surface area contributed by atoms with Gasteiger partial charge in [0.15, 0.2) is 0 Å². The lowest BCUT2D eigenvalue weighted by molar-refractivity contribution is -0.330. The van der Waals surface area contributed by atoms with Gasteiger partial charge in [0, 0.05) is 17.4 Å². The number of carbonyl (C=O) groups excluding carboxylic acids is 2. The molecule has 0 radical (unpaired) electrons. The van der Waals surface area contributed by atoms with Gasteiger partial charge in [-0.1, -0.05) is 19.3 Å². The molecule has 0 aromatic carbocycles. The van der Waals surface area contributed by atoms with E-state index in [0.29, 0.717) is 12.8 Å². The Labute approximate surface area is 76.6 Å². The van der Waals surface area contributed by atoms with Crippen LogP contribution < -0.4 is 10.2 Å². The molecule has 74 valence electrons. The van der Waals surface area contributed by atoms with E-state index >= 15 is 0 Å². The zero-order chi connectivity index (χ0) is 9.90. The van der Waals surface area contributed by atoms with Crippen molar-refractivity contribution in [3.05, 3.63) is 0 Å². The van der Waals surface area contributed by atoms with E-state index in [1.807, 2.05) is 0 Å². The molecular formula is C9H12O4-2. The molecule has 1 aliphatic carbocycles. The molecule has 0 unspecified atom stereocenters. The molecule has 0 aliphatic heterocycles. The van der Waals surface area contributed by atoms with E-state index in [9.17, 15) is 19.8 Å². The van der Waals surface area contributed by atoms with Crippen LogP contribution in [0.25, 0.3) is 0 Å². The Morgan fingerprint density at radius 1 is 1.08 bits per heavy atom. The Morgan fingerprint density at radius 3 is 2.00 bits per heavy atom. The van der Waals surface area contributed by atoms with Gasteiger partial charge in [0.1, 0.15) is 0 Å². The highest BCUT2D eigenvalue weighted by molar-refractivity contribution is 5.79. The molecule has 1 saturated carbocycles. The number of hydrogen-bond donors (Lipinski definition) is 0. The molecule has 13 heavy (non-hydrogen) atoms. The third-order valence-corrected chi connectivity index (χ3v) is 2.73. The van der Waals surface area contributed by atoms with Gasteiger partial charge in [-0.2, -0.15) is 0 Å². The van der Waals surface area contributed by atoms with Crippen molar-refractivity contribution in [3.8, 4) is 0 Å². The maximum Gasteiger partial charge on any atom is 0.0479 e. The van der Waals surface area contributed by atoms with Crippen molar-refractivity contribution >= 4 is 11.9 Å². The van der Waals surface area contributed by atoms with E-state index in [0.717, 1.165) is 19.3 Å². The summed E-state index contributed by atoms with van der Waals surface area (Å²) < 4.78 is 0. The van der Waals surface area contributed by atoms with Crippen LogP contribution in [0, 0.1) is 5.41 Å². The van der Waals surface area contributed by atoms with E-state index in [-0.39, 0.29) is 0 Å². The first-order valence-corrected chi connectivity index (χ1v) is 4.48. The van der Waals surface area contributed by atoms with Gasteiger partial charge in [-0.25, -0.2) is 0 Å². The fourth-order valence-corrected chi connectivity index (χ4v) is 1.96. The normalized spacial score (nSPS) is 20.9. The smallest absolute Gasteiger partial charge is 0.0479 e. The maximum atomic E-state index is 10.8. The van der Waals surface area contributed by atoms with Crippen LogP contribution in [0.2, 0.25) is 0 Å². The van der Waals surface area contributed by atoms with Crippen molar-refractivity contribution in [2.45, 2.75) is 38.5 Å². The minimum atomic E-state index is -1.30. The lowest BCUT2D eigenvalue weighted by Gasteiger charge is -2.38. The monoisotopic (exact) mass is 184 g/mol. The molecule has 0 amide bonds. The van der Waals surface area contributed by atoms with Crippen LogP contribution in [-0.4, -0.2) is 11.9 Å². The maximum absolute atomic E-state index is 10.8. The van der Waals surface area contributed by atoms with Crippen LogP contribution in [0.3, 0.4) is 0 Å². The second-order valence-electron chi connectivity index (χ2n) is 3.68. The van der Waals surface area contributed by atoms with E-state index in [2.05, 4.69) is 0 Å². The summed E-state index contributed by atoms with van der Waals surface area (Å²) in [6, 6.07) is 0. The van der Waals surface area contributed by atoms with E-state index in [1.165, 1.54) is 0 Å². The minimum Gasteiger partial charge on any atom is -0.550 e.